The standard InChI is InChI=1S/C12H18N2O3S/c1-10-9-17-7-6-14(10)18(15,16)12-5-3-2-4-11(12)8-13/h2-5,10H,6-9,13H2,1H3. The number of morpholine rings is 1. The van der Waals surface area contributed by atoms with Crippen LogP contribution in [0.1, 0.15) is 12.5 Å². The third-order valence-electron chi connectivity index (χ3n) is 3.09. The second-order valence-corrected chi connectivity index (χ2v) is 6.21. The van der Waals surface area contributed by atoms with Gasteiger partial charge in [0.05, 0.1) is 18.1 Å². The lowest BCUT2D eigenvalue weighted by Crippen LogP contribution is -2.47. The minimum absolute atomic E-state index is 0.144. The molecule has 1 fully saturated rings. The lowest BCUT2D eigenvalue weighted by molar-refractivity contribution is 0.0392. The van der Waals surface area contributed by atoms with Crippen LogP contribution in [0.5, 0.6) is 0 Å². The number of ether oxygens (including phenoxy) is 1. The summed E-state index contributed by atoms with van der Waals surface area (Å²) >= 11 is 0. The Kier molecular flexibility index (Phi) is 4.01. The topological polar surface area (TPSA) is 72.6 Å². The molecule has 1 aliphatic heterocycles. The molecule has 1 unspecified atom stereocenters. The average Bonchev–Trinajstić information content (AvgIpc) is 2.39. The van der Waals surface area contributed by atoms with Gasteiger partial charge in [0, 0.05) is 19.1 Å². The van der Waals surface area contributed by atoms with Crippen LogP contribution >= 0.6 is 0 Å². The molecule has 0 saturated carbocycles. The van der Waals surface area contributed by atoms with Crippen molar-refractivity contribution in [3.05, 3.63) is 29.8 Å². The summed E-state index contributed by atoms with van der Waals surface area (Å²) in [4.78, 5) is 0.307. The van der Waals surface area contributed by atoms with Gasteiger partial charge in [0.15, 0.2) is 0 Å². The van der Waals surface area contributed by atoms with Crippen molar-refractivity contribution in [1.29, 1.82) is 0 Å². The number of hydrogen-bond donors (Lipinski definition) is 1. The van der Waals surface area contributed by atoms with Crippen LogP contribution in [0.15, 0.2) is 29.2 Å². The average molecular weight is 270 g/mol. The lowest BCUT2D eigenvalue weighted by Gasteiger charge is -2.32. The van der Waals surface area contributed by atoms with Crippen molar-refractivity contribution in [2.75, 3.05) is 19.8 Å². The molecule has 1 aromatic carbocycles. The highest BCUT2D eigenvalue weighted by Gasteiger charge is 2.32. The molecule has 2 rings (SSSR count). The van der Waals surface area contributed by atoms with Crippen LogP contribution in [0.3, 0.4) is 0 Å². The van der Waals surface area contributed by atoms with E-state index in [2.05, 4.69) is 0 Å². The van der Waals surface area contributed by atoms with E-state index < -0.39 is 10.0 Å². The van der Waals surface area contributed by atoms with Crippen LogP contribution in [0.25, 0.3) is 0 Å². The van der Waals surface area contributed by atoms with E-state index in [9.17, 15) is 8.42 Å². The van der Waals surface area contributed by atoms with Gasteiger partial charge in [0.1, 0.15) is 0 Å². The lowest BCUT2D eigenvalue weighted by atomic mass is 10.2. The normalized spacial score (nSPS) is 22.0. The maximum Gasteiger partial charge on any atom is 0.243 e. The van der Waals surface area contributed by atoms with Crippen molar-refractivity contribution in [2.24, 2.45) is 5.73 Å². The first-order valence-electron chi connectivity index (χ1n) is 5.95. The van der Waals surface area contributed by atoms with E-state index in [4.69, 9.17) is 10.5 Å². The maximum atomic E-state index is 12.6. The molecule has 0 amide bonds. The van der Waals surface area contributed by atoms with Crippen LogP contribution in [-0.4, -0.2) is 38.5 Å². The molecule has 0 bridgehead atoms. The second-order valence-electron chi connectivity index (χ2n) is 4.35. The van der Waals surface area contributed by atoms with E-state index in [-0.39, 0.29) is 12.6 Å². The molecule has 1 atom stereocenters. The summed E-state index contributed by atoms with van der Waals surface area (Å²) in [7, 11) is -3.48. The Labute approximate surface area is 108 Å². The minimum atomic E-state index is -3.48. The summed E-state index contributed by atoms with van der Waals surface area (Å²) in [5.41, 5.74) is 6.25. The number of benzene rings is 1. The summed E-state index contributed by atoms with van der Waals surface area (Å²) in [6.07, 6.45) is 0. The summed E-state index contributed by atoms with van der Waals surface area (Å²) in [5.74, 6) is 0. The zero-order chi connectivity index (χ0) is 13.2. The fourth-order valence-corrected chi connectivity index (χ4v) is 3.95. The van der Waals surface area contributed by atoms with Gasteiger partial charge in [-0.2, -0.15) is 4.31 Å². The van der Waals surface area contributed by atoms with E-state index in [1.165, 1.54) is 4.31 Å². The van der Waals surface area contributed by atoms with Gasteiger partial charge in [-0.15, -0.1) is 0 Å². The van der Waals surface area contributed by atoms with Crippen LogP contribution in [0, 0.1) is 0 Å². The van der Waals surface area contributed by atoms with Gasteiger partial charge in [-0.3, -0.25) is 0 Å². The monoisotopic (exact) mass is 270 g/mol. The molecule has 1 aliphatic rings. The molecular weight excluding hydrogens is 252 g/mol. The Morgan fingerprint density at radius 1 is 1.44 bits per heavy atom. The Morgan fingerprint density at radius 2 is 2.17 bits per heavy atom. The second kappa shape index (κ2) is 5.36. The highest BCUT2D eigenvalue weighted by atomic mass is 32.2. The first-order valence-corrected chi connectivity index (χ1v) is 7.39. The van der Waals surface area contributed by atoms with Gasteiger partial charge in [0.25, 0.3) is 0 Å². The zero-order valence-corrected chi connectivity index (χ0v) is 11.2. The molecule has 100 valence electrons. The fraction of sp³-hybridized carbons (Fsp3) is 0.500. The SMILES string of the molecule is CC1COCCN1S(=O)(=O)c1ccccc1CN. The molecule has 0 aromatic heterocycles. The van der Waals surface area contributed by atoms with E-state index in [1.807, 2.05) is 6.92 Å². The van der Waals surface area contributed by atoms with E-state index in [1.54, 1.807) is 24.3 Å². The van der Waals surface area contributed by atoms with Crippen molar-refractivity contribution in [1.82, 2.24) is 4.31 Å². The van der Waals surface area contributed by atoms with Gasteiger partial charge < -0.3 is 10.5 Å². The Balaban J connectivity index is 2.41. The molecule has 0 spiro atoms. The van der Waals surface area contributed by atoms with Gasteiger partial charge >= 0.3 is 0 Å². The van der Waals surface area contributed by atoms with E-state index >= 15 is 0 Å². The van der Waals surface area contributed by atoms with E-state index in [0.29, 0.717) is 30.2 Å². The molecular formula is C12H18N2O3S. The molecule has 0 aliphatic carbocycles. The van der Waals surface area contributed by atoms with Crippen molar-refractivity contribution >= 4 is 10.0 Å². The molecule has 5 nitrogen and oxygen atoms in total. The molecule has 1 saturated heterocycles. The fourth-order valence-electron chi connectivity index (χ4n) is 2.12. The number of rotatable bonds is 3. The summed E-state index contributed by atoms with van der Waals surface area (Å²) in [6, 6.07) is 6.73. The predicted octanol–water partition coefficient (Wildman–Crippen LogP) is 0.555. The number of nitrogens with zero attached hydrogens (tertiary/aromatic N) is 1. The van der Waals surface area contributed by atoms with Crippen LogP contribution in [-0.2, 0) is 21.3 Å². The number of hydrogen-bond acceptors (Lipinski definition) is 4. The third kappa shape index (κ3) is 2.42. The summed E-state index contributed by atoms with van der Waals surface area (Å²) in [5, 5.41) is 0. The van der Waals surface area contributed by atoms with Crippen molar-refractivity contribution in [3.8, 4) is 0 Å². The highest BCUT2D eigenvalue weighted by Crippen LogP contribution is 2.23. The molecule has 6 heteroatoms. The van der Waals surface area contributed by atoms with Crippen LogP contribution < -0.4 is 5.73 Å². The number of nitrogens with two attached hydrogens (primary N) is 1. The molecule has 0 radical (unpaired) electrons. The minimum Gasteiger partial charge on any atom is -0.378 e. The Morgan fingerprint density at radius 3 is 2.83 bits per heavy atom. The molecule has 1 aromatic rings. The quantitative estimate of drug-likeness (QED) is 0.871. The van der Waals surface area contributed by atoms with Gasteiger partial charge in [0.2, 0.25) is 10.0 Å². The van der Waals surface area contributed by atoms with Gasteiger partial charge in [-0.05, 0) is 18.6 Å². The molecule has 1 heterocycles. The smallest absolute Gasteiger partial charge is 0.243 e. The maximum absolute atomic E-state index is 12.6. The van der Waals surface area contributed by atoms with Gasteiger partial charge in [-0.1, -0.05) is 18.2 Å². The molecule has 18 heavy (non-hydrogen) atoms. The third-order valence-corrected chi connectivity index (χ3v) is 5.20. The Bertz CT molecular complexity index is 516. The molecule has 2 N–H and O–H groups in total. The number of sulfonamides is 1. The predicted molar refractivity (Wildman–Crippen MR) is 68.5 cm³/mol. The Hall–Kier alpha value is -0.950. The van der Waals surface area contributed by atoms with Crippen molar-refractivity contribution in [3.63, 3.8) is 0 Å². The first kappa shape index (κ1) is 13.5. The highest BCUT2D eigenvalue weighted by molar-refractivity contribution is 7.89. The van der Waals surface area contributed by atoms with Crippen molar-refractivity contribution in [2.45, 2.75) is 24.4 Å². The van der Waals surface area contributed by atoms with Gasteiger partial charge in [-0.25, -0.2) is 8.42 Å². The van der Waals surface area contributed by atoms with E-state index in [0.717, 1.165) is 0 Å². The first-order chi connectivity index (χ1) is 8.57. The zero-order valence-electron chi connectivity index (χ0n) is 10.4. The van der Waals surface area contributed by atoms with Crippen LogP contribution in [0.2, 0.25) is 0 Å². The largest absolute Gasteiger partial charge is 0.378 e. The van der Waals surface area contributed by atoms with Crippen LogP contribution in [0.4, 0.5) is 0 Å². The summed E-state index contributed by atoms with van der Waals surface area (Å²) < 4.78 is 31.9. The van der Waals surface area contributed by atoms with Crippen molar-refractivity contribution < 1.29 is 13.2 Å². The summed E-state index contributed by atoms with van der Waals surface area (Å²) in [6.45, 7) is 3.33.